The lowest BCUT2D eigenvalue weighted by Gasteiger charge is -2.16. The third-order valence-corrected chi connectivity index (χ3v) is 4.46. The van der Waals surface area contributed by atoms with Gasteiger partial charge in [0.2, 0.25) is 0 Å². The van der Waals surface area contributed by atoms with Crippen LogP contribution >= 0.6 is 22.9 Å². The molecule has 2 aromatic heterocycles. The lowest BCUT2D eigenvalue weighted by atomic mass is 10.1. The first kappa shape index (κ1) is 13.6. The van der Waals surface area contributed by atoms with Crippen molar-refractivity contribution in [2.75, 3.05) is 7.05 Å². The number of halogens is 1. The number of pyridine rings is 1. The van der Waals surface area contributed by atoms with E-state index >= 15 is 0 Å². The van der Waals surface area contributed by atoms with Crippen LogP contribution in [0, 0.1) is 0 Å². The minimum Gasteiger partial charge on any atom is -0.298 e. The molecule has 1 aromatic carbocycles. The molecule has 0 unspecified atom stereocenters. The third kappa shape index (κ3) is 3.01. The normalized spacial score (nSPS) is 11.3. The SMILES string of the molecule is CN(Cc1ccnc(Cl)c1)Cc1csc2ccccc12. The zero-order chi connectivity index (χ0) is 13.9. The molecule has 0 N–H and O–H groups in total. The topological polar surface area (TPSA) is 16.1 Å². The van der Waals surface area contributed by atoms with E-state index in [1.165, 1.54) is 21.2 Å². The Morgan fingerprint density at radius 2 is 2.05 bits per heavy atom. The molecule has 0 saturated carbocycles. The molecule has 0 spiro atoms. The number of nitrogens with zero attached hydrogens (tertiary/aromatic N) is 2. The van der Waals surface area contributed by atoms with Crippen LogP contribution in [0.15, 0.2) is 48.0 Å². The second kappa shape index (κ2) is 5.92. The molecule has 4 heteroatoms. The van der Waals surface area contributed by atoms with Gasteiger partial charge in [-0.15, -0.1) is 11.3 Å². The van der Waals surface area contributed by atoms with Gasteiger partial charge in [0.25, 0.3) is 0 Å². The fraction of sp³-hybridized carbons (Fsp3) is 0.188. The van der Waals surface area contributed by atoms with E-state index in [1.807, 2.05) is 12.1 Å². The molecule has 2 heterocycles. The molecule has 3 aromatic rings. The first-order valence-electron chi connectivity index (χ1n) is 6.46. The standard InChI is InChI=1S/C16H15ClN2S/c1-19(9-12-6-7-18-16(17)8-12)10-13-11-20-15-5-3-2-4-14(13)15/h2-8,11H,9-10H2,1H3. The van der Waals surface area contributed by atoms with Crippen molar-refractivity contribution in [1.29, 1.82) is 0 Å². The molecule has 0 bridgehead atoms. The molecule has 0 saturated heterocycles. The number of hydrogen-bond acceptors (Lipinski definition) is 3. The number of hydrogen-bond donors (Lipinski definition) is 0. The first-order valence-corrected chi connectivity index (χ1v) is 7.72. The number of aromatic nitrogens is 1. The predicted octanol–water partition coefficient (Wildman–Crippen LogP) is 4.58. The highest BCUT2D eigenvalue weighted by atomic mass is 35.5. The zero-order valence-corrected chi connectivity index (χ0v) is 12.8. The average Bonchev–Trinajstić information content (AvgIpc) is 2.82. The Balaban J connectivity index is 1.74. The predicted molar refractivity (Wildman–Crippen MR) is 86.2 cm³/mol. The van der Waals surface area contributed by atoms with Gasteiger partial charge in [0.15, 0.2) is 0 Å². The molecule has 102 valence electrons. The van der Waals surface area contributed by atoms with Gasteiger partial charge >= 0.3 is 0 Å². The highest BCUT2D eigenvalue weighted by Crippen LogP contribution is 2.26. The smallest absolute Gasteiger partial charge is 0.129 e. The molecule has 2 nitrogen and oxygen atoms in total. The fourth-order valence-corrected chi connectivity index (χ4v) is 3.50. The van der Waals surface area contributed by atoms with Crippen molar-refractivity contribution in [3.05, 3.63) is 64.3 Å². The van der Waals surface area contributed by atoms with Crippen LogP contribution < -0.4 is 0 Å². The molecule has 0 aliphatic carbocycles. The largest absolute Gasteiger partial charge is 0.298 e. The highest BCUT2D eigenvalue weighted by molar-refractivity contribution is 7.17. The van der Waals surface area contributed by atoms with E-state index in [9.17, 15) is 0 Å². The van der Waals surface area contributed by atoms with Gasteiger partial charge in [0.1, 0.15) is 5.15 Å². The highest BCUT2D eigenvalue weighted by Gasteiger charge is 2.07. The Kier molecular flexibility index (Phi) is 4.01. The lowest BCUT2D eigenvalue weighted by molar-refractivity contribution is 0.320. The Hall–Kier alpha value is -1.42. The van der Waals surface area contributed by atoms with Gasteiger partial charge in [0, 0.05) is 24.0 Å². The molecule has 0 aliphatic heterocycles. The van der Waals surface area contributed by atoms with Gasteiger partial charge in [-0.25, -0.2) is 4.98 Å². The summed E-state index contributed by atoms with van der Waals surface area (Å²) in [6.45, 7) is 1.80. The van der Waals surface area contributed by atoms with Gasteiger partial charge < -0.3 is 0 Å². The van der Waals surface area contributed by atoms with Crippen molar-refractivity contribution in [3.63, 3.8) is 0 Å². The monoisotopic (exact) mass is 302 g/mol. The van der Waals surface area contributed by atoms with Crippen LogP contribution in [0.1, 0.15) is 11.1 Å². The van der Waals surface area contributed by atoms with Gasteiger partial charge in [-0.3, -0.25) is 4.90 Å². The second-order valence-corrected chi connectivity index (χ2v) is 6.21. The molecule has 0 atom stereocenters. The van der Waals surface area contributed by atoms with Crippen LogP contribution in [0.3, 0.4) is 0 Å². The van der Waals surface area contributed by atoms with Gasteiger partial charge in [-0.05, 0) is 47.1 Å². The van der Waals surface area contributed by atoms with Crippen LogP contribution in [-0.2, 0) is 13.1 Å². The lowest BCUT2D eigenvalue weighted by Crippen LogP contribution is -2.17. The fourth-order valence-electron chi connectivity index (χ4n) is 2.35. The maximum atomic E-state index is 5.92. The number of rotatable bonds is 4. The zero-order valence-electron chi connectivity index (χ0n) is 11.2. The minimum atomic E-state index is 0.553. The van der Waals surface area contributed by atoms with Crippen LogP contribution in [0.25, 0.3) is 10.1 Å². The summed E-state index contributed by atoms with van der Waals surface area (Å²) in [5.41, 5.74) is 2.57. The van der Waals surface area contributed by atoms with Crippen molar-refractivity contribution in [2.24, 2.45) is 0 Å². The first-order chi connectivity index (χ1) is 9.72. The Morgan fingerprint density at radius 3 is 2.90 bits per heavy atom. The van der Waals surface area contributed by atoms with Crippen molar-refractivity contribution < 1.29 is 0 Å². The summed E-state index contributed by atoms with van der Waals surface area (Å²) in [5, 5.41) is 4.16. The van der Waals surface area contributed by atoms with Gasteiger partial charge in [-0.1, -0.05) is 29.8 Å². The summed E-state index contributed by atoms with van der Waals surface area (Å²) in [4.78, 5) is 6.30. The van der Waals surface area contributed by atoms with Crippen LogP contribution in [0.4, 0.5) is 0 Å². The summed E-state index contributed by atoms with van der Waals surface area (Å²) >= 11 is 7.73. The summed E-state index contributed by atoms with van der Waals surface area (Å²) in [6, 6.07) is 12.5. The molecule has 3 rings (SSSR count). The van der Waals surface area contributed by atoms with E-state index in [2.05, 4.69) is 46.6 Å². The minimum absolute atomic E-state index is 0.553. The van der Waals surface area contributed by atoms with E-state index < -0.39 is 0 Å². The molecule has 0 fully saturated rings. The summed E-state index contributed by atoms with van der Waals surface area (Å²) < 4.78 is 1.35. The average molecular weight is 303 g/mol. The Morgan fingerprint density at radius 1 is 1.20 bits per heavy atom. The van der Waals surface area contributed by atoms with E-state index in [4.69, 9.17) is 11.6 Å². The Bertz CT molecular complexity index is 723. The van der Waals surface area contributed by atoms with Crippen molar-refractivity contribution >= 4 is 33.0 Å². The molecule has 0 amide bonds. The summed E-state index contributed by atoms with van der Waals surface area (Å²) in [7, 11) is 2.13. The van der Waals surface area contributed by atoms with Gasteiger partial charge in [-0.2, -0.15) is 0 Å². The van der Waals surface area contributed by atoms with E-state index in [1.54, 1.807) is 17.5 Å². The van der Waals surface area contributed by atoms with Crippen LogP contribution in [0.2, 0.25) is 5.15 Å². The number of fused-ring (bicyclic) bond motifs is 1. The van der Waals surface area contributed by atoms with E-state index in [0.29, 0.717) is 5.15 Å². The van der Waals surface area contributed by atoms with Gasteiger partial charge in [0.05, 0.1) is 0 Å². The Labute approximate surface area is 127 Å². The molecular weight excluding hydrogens is 288 g/mol. The van der Waals surface area contributed by atoms with Crippen LogP contribution in [0.5, 0.6) is 0 Å². The van der Waals surface area contributed by atoms with E-state index in [-0.39, 0.29) is 0 Å². The van der Waals surface area contributed by atoms with Crippen molar-refractivity contribution in [1.82, 2.24) is 9.88 Å². The quantitative estimate of drug-likeness (QED) is 0.656. The second-order valence-electron chi connectivity index (χ2n) is 4.92. The maximum absolute atomic E-state index is 5.92. The van der Waals surface area contributed by atoms with Crippen molar-refractivity contribution in [3.8, 4) is 0 Å². The molecule has 0 aliphatic rings. The van der Waals surface area contributed by atoms with Crippen molar-refractivity contribution in [2.45, 2.75) is 13.1 Å². The summed E-state index contributed by atoms with van der Waals surface area (Å²) in [5.74, 6) is 0. The number of benzene rings is 1. The van der Waals surface area contributed by atoms with Crippen LogP contribution in [-0.4, -0.2) is 16.9 Å². The molecular formula is C16H15ClN2S. The molecule has 20 heavy (non-hydrogen) atoms. The molecule has 0 radical (unpaired) electrons. The maximum Gasteiger partial charge on any atom is 0.129 e. The van der Waals surface area contributed by atoms with E-state index in [0.717, 1.165) is 13.1 Å². The summed E-state index contributed by atoms with van der Waals surface area (Å²) in [6.07, 6.45) is 1.76. The number of thiophene rings is 1. The third-order valence-electron chi connectivity index (χ3n) is 3.24.